The Labute approximate surface area is 119 Å². The van der Waals surface area contributed by atoms with Gasteiger partial charge >= 0.3 is 11.9 Å². The Morgan fingerprint density at radius 3 is 2.38 bits per heavy atom. The van der Waals surface area contributed by atoms with Gasteiger partial charge < -0.3 is 9.47 Å². The van der Waals surface area contributed by atoms with Gasteiger partial charge in [0.1, 0.15) is 5.75 Å². The summed E-state index contributed by atoms with van der Waals surface area (Å²) in [6, 6.07) is 8.31. The van der Waals surface area contributed by atoms with Crippen LogP contribution in [0.15, 0.2) is 42.5 Å². The standard InChI is InChI=1S/C14H11NO6/c16-11-8-10(14(19)15-11)21-13(18)7-6-12(17)20-9-4-2-1-3-5-9/h1-7,10H,8H2,(H,15,16,19)/b7-6+. The van der Waals surface area contributed by atoms with Crippen molar-refractivity contribution in [1.29, 1.82) is 0 Å². The molecule has 0 aliphatic carbocycles. The van der Waals surface area contributed by atoms with Gasteiger partial charge in [-0.15, -0.1) is 0 Å². The van der Waals surface area contributed by atoms with Crippen molar-refractivity contribution >= 4 is 23.8 Å². The first-order valence-corrected chi connectivity index (χ1v) is 6.04. The molecule has 1 atom stereocenters. The molecule has 1 aliphatic heterocycles. The average Bonchev–Trinajstić information content (AvgIpc) is 2.76. The number of esters is 2. The van der Waals surface area contributed by atoms with Gasteiger partial charge in [0.05, 0.1) is 6.42 Å². The molecule has 21 heavy (non-hydrogen) atoms. The molecule has 1 heterocycles. The number of ether oxygens (including phenoxy) is 2. The van der Waals surface area contributed by atoms with E-state index in [1.165, 1.54) is 0 Å². The van der Waals surface area contributed by atoms with E-state index in [9.17, 15) is 19.2 Å². The summed E-state index contributed by atoms with van der Waals surface area (Å²) in [5, 5.41) is 2.00. The molecule has 1 aromatic rings. The van der Waals surface area contributed by atoms with E-state index in [4.69, 9.17) is 9.47 Å². The summed E-state index contributed by atoms with van der Waals surface area (Å²) in [7, 11) is 0. The van der Waals surface area contributed by atoms with Gasteiger partial charge in [0.15, 0.2) is 6.10 Å². The van der Waals surface area contributed by atoms with Crippen LogP contribution in [0.2, 0.25) is 0 Å². The molecule has 1 saturated heterocycles. The Hall–Kier alpha value is -2.96. The summed E-state index contributed by atoms with van der Waals surface area (Å²) < 4.78 is 9.63. The van der Waals surface area contributed by atoms with Crippen LogP contribution in [0.5, 0.6) is 5.75 Å². The summed E-state index contributed by atoms with van der Waals surface area (Å²) >= 11 is 0. The molecule has 0 saturated carbocycles. The van der Waals surface area contributed by atoms with Crippen molar-refractivity contribution in [2.75, 3.05) is 0 Å². The lowest BCUT2D eigenvalue weighted by atomic mass is 10.3. The highest BCUT2D eigenvalue weighted by Crippen LogP contribution is 2.09. The lowest BCUT2D eigenvalue weighted by Gasteiger charge is -2.05. The molecule has 1 N–H and O–H groups in total. The Kier molecular flexibility index (Phi) is 4.45. The van der Waals surface area contributed by atoms with Crippen LogP contribution in [0, 0.1) is 0 Å². The molecule has 0 spiro atoms. The van der Waals surface area contributed by atoms with E-state index in [2.05, 4.69) is 0 Å². The predicted octanol–water partition coefficient (Wildman–Crippen LogP) is 0.106. The van der Waals surface area contributed by atoms with Gasteiger partial charge in [-0.25, -0.2) is 9.59 Å². The lowest BCUT2D eigenvalue weighted by molar-refractivity contribution is -0.149. The number of imide groups is 1. The van der Waals surface area contributed by atoms with Crippen LogP contribution in [-0.2, 0) is 23.9 Å². The molecule has 0 radical (unpaired) electrons. The normalized spacial score (nSPS) is 17.6. The number of hydrogen-bond donors (Lipinski definition) is 1. The Morgan fingerprint density at radius 2 is 1.76 bits per heavy atom. The highest BCUT2D eigenvalue weighted by atomic mass is 16.6. The van der Waals surface area contributed by atoms with E-state index in [1.54, 1.807) is 30.3 Å². The highest BCUT2D eigenvalue weighted by molar-refractivity contribution is 6.06. The lowest BCUT2D eigenvalue weighted by Crippen LogP contribution is -2.28. The third-order valence-electron chi connectivity index (χ3n) is 2.50. The molecule has 2 amide bonds. The molecule has 1 aliphatic rings. The second kappa shape index (κ2) is 6.47. The molecule has 1 unspecified atom stereocenters. The molecule has 108 valence electrons. The number of carbonyl (C=O) groups excluding carboxylic acids is 4. The fourth-order valence-electron chi connectivity index (χ4n) is 1.58. The fraction of sp³-hybridized carbons (Fsp3) is 0.143. The second-order valence-electron chi connectivity index (χ2n) is 4.11. The van der Waals surface area contributed by atoms with Crippen molar-refractivity contribution in [3.8, 4) is 5.75 Å². The van der Waals surface area contributed by atoms with Crippen LogP contribution in [0.25, 0.3) is 0 Å². The van der Waals surface area contributed by atoms with Gasteiger partial charge in [0.25, 0.3) is 5.91 Å². The first kappa shape index (κ1) is 14.4. The summed E-state index contributed by atoms with van der Waals surface area (Å²) in [5.41, 5.74) is 0. The first-order chi connectivity index (χ1) is 10.0. The van der Waals surface area contributed by atoms with Crippen LogP contribution in [-0.4, -0.2) is 29.9 Å². The van der Waals surface area contributed by atoms with Gasteiger partial charge in [-0.2, -0.15) is 0 Å². The summed E-state index contributed by atoms with van der Waals surface area (Å²) in [4.78, 5) is 44.9. The minimum atomic E-state index is -1.15. The van der Waals surface area contributed by atoms with Crippen molar-refractivity contribution in [1.82, 2.24) is 5.32 Å². The maximum absolute atomic E-state index is 11.4. The number of benzene rings is 1. The third kappa shape index (κ3) is 4.27. The maximum Gasteiger partial charge on any atom is 0.336 e. The molecule has 1 aromatic carbocycles. The number of nitrogens with one attached hydrogen (secondary N) is 1. The highest BCUT2D eigenvalue weighted by Gasteiger charge is 2.33. The number of hydrogen-bond acceptors (Lipinski definition) is 6. The summed E-state index contributed by atoms with van der Waals surface area (Å²) in [6.45, 7) is 0. The van der Waals surface area contributed by atoms with Crippen LogP contribution in [0.4, 0.5) is 0 Å². The van der Waals surface area contributed by atoms with E-state index in [0.717, 1.165) is 12.2 Å². The quantitative estimate of drug-likeness (QED) is 0.365. The summed E-state index contributed by atoms with van der Waals surface area (Å²) in [6.07, 6.45) is 0.345. The van der Waals surface area contributed by atoms with E-state index >= 15 is 0 Å². The second-order valence-corrected chi connectivity index (χ2v) is 4.11. The Bertz CT molecular complexity index is 607. The van der Waals surface area contributed by atoms with Gasteiger partial charge in [-0.05, 0) is 12.1 Å². The van der Waals surface area contributed by atoms with Crippen LogP contribution in [0.1, 0.15) is 6.42 Å². The van der Waals surface area contributed by atoms with Crippen molar-refractivity contribution < 1.29 is 28.7 Å². The zero-order chi connectivity index (χ0) is 15.2. The van der Waals surface area contributed by atoms with Crippen molar-refractivity contribution in [3.05, 3.63) is 42.5 Å². The van der Waals surface area contributed by atoms with Crippen molar-refractivity contribution in [2.45, 2.75) is 12.5 Å². The zero-order valence-corrected chi connectivity index (χ0v) is 10.8. The van der Waals surface area contributed by atoms with Gasteiger partial charge in [0, 0.05) is 12.2 Å². The van der Waals surface area contributed by atoms with Gasteiger partial charge in [-0.1, -0.05) is 18.2 Å². The monoisotopic (exact) mass is 289 g/mol. The minimum absolute atomic E-state index is 0.215. The SMILES string of the molecule is O=C1CC(OC(=O)/C=C/C(=O)Oc2ccccc2)C(=O)N1. The first-order valence-electron chi connectivity index (χ1n) is 6.04. The van der Waals surface area contributed by atoms with E-state index in [-0.39, 0.29) is 6.42 Å². The summed E-state index contributed by atoms with van der Waals surface area (Å²) in [5.74, 6) is -2.51. The topological polar surface area (TPSA) is 98.8 Å². The molecular formula is C14H11NO6. The van der Waals surface area contributed by atoms with E-state index in [0.29, 0.717) is 5.75 Å². The van der Waals surface area contributed by atoms with Crippen molar-refractivity contribution in [2.24, 2.45) is 0 Å². The van der Waals surface area contributed by atoms with E-state index in [1.807, 2.05) is 5.32 Å². The molecular weight excluding hydrogens is 278 g/mol. The van der Waals surface area contributed by atoms with Crippen LogP contribution < -0.4 is 10.1 Å². The Morgan fingerprint density at radius 1 is 1.10 bits per heavy atom. The maximum atomic E-state index is 11.4. The van der Waals surface area contributed by atoms with Crippen LogP contribution >= 0.6 is 0 Å². The number of rotatable bonds is 4. The largest absolute Gasteiger partial charge is 0.449 e. The van der Waals surface area contributed by atoms with Crippen LogP contribution in [0.3, 0.4) is 0 Å². The number of amides is 2. The molecule has 0 aromatic heterocycles. The van der Waals surface area contributed by atoms with Crippen molar-refractivity contribution in [3.63, 3.8) is 0 Å². The molecule has 1 fully saturated rings. The number of para-hydroxylation sites is 1. The number of carbonyl (C=O) groups is 4. The van der Waals surface area contributed by atoms with Gasteiger partial charge in [0.2, 0.25) is 5.91 Å². The molecule has 2 rings (SSSR count). The molecule has 7 nitrogen and oxygen atoms in total. The molecule has 0 bridgehead atoms. The minimum Gasteiger partial charge on any atom is -0.449 e. The van der Waals surface area contributed by atoms with E-state index < -0.39 is 29.9 Å². The third-order valence-corrected chi connectivity index (χ3v) is 2.50. The predicted molar refractivity (Wildman–Crippen MR) is 68.9 cm³/mol. The average molecular weight is 289 g/mol. The smallest absolute Gasteiger partial charge is 0.336 e. The zero-order valence-electron chi connectivity index (χ0n) is 10.8. The fourth-order valence-corrected chi connectivity index (χ4v) is 1.58. The Balaban J connectivity index is 1.83. The van der Waals surface area contributed by atoms with Gasteiger partial charge in [-0.3, -0.25) is 14.9 Å². The molecule has 7 heteroatoms.